The van der Waals surface area contributed by atoms with Crippen molar-refractivity contribution in [2.45, 2.75) is 24.3 Å². The highest BCUT2D eigenvalue weighted by atomic mass is 32.2. The summed E-state index contributed by atoms with van der Waals surface area (Å²) in [5, 5.41) is 0. The van der Waals surface area contributed by atoms with Gasteiger partial charge in [-0.25, -0.2) is 13.1 Å². The summed E-state index contributed by atoms with van der Waals surface area (Å²) in [5.41, 5.74) is 7.56. The van der Waals surface area contributed by atoms with Crippen molar-refractivity contribution in [1.82, 2.24) is 9.29 Å². The lowest BCUT2D eigenvalue weighted by Gasteiger charge is -2.05. The summed E-state index contributed by atoms with van der Waals surface area (Å²) in [5.74, 6) is 0. The zero-order valence-electron chi connectivity index (χ0n) is 12.1. The van der Waals surface area contributed by atoms with Crippen LogP contribution in [0.25, 0.3) is 0 Å². The van der Waals surface area contributed by atoms with Gasteiger partial charge in [0.25, 0.3) is 0 Å². The predicted molar refractivity (Wildman–Crippen MR) is 83.3 cm³/mol. The largest absolute Gasteiger partial charge is 0.352 e. The van der Waals surface area contributed by atoms with Gasteiger partial charge in [0, 0.05) is 32.0 Å². The number of sulfonamides is 1. The first-order valence-electron chi connectivity index (χ1n) is 6.92. The maximum absolute atomic E-state index is 12.2. The van der Waals surface area contributed by atoms with Gasteiger partial charge in [-0.2, -0.15) is 0 Å². The lowest BCUT2D eigenvalue weighted by atomic mass is 10.1. The molecule has 0 aliphatic heterocycles. The predicted octanol–water partition coefficient (Wildman–Crippen LogP) is 1.39. The molecule has 0 saturated carbocycles. The summed E-state index contributed by atoms with van der Waals surface area (Å²) in [4.78, 5) is 0.269. The fourth-order valence-electron chi connectivity index (χ4n) is 2.15. The number of nitrogens with one attached hydrogen (secondary N) is 1. The van der Waals surface area contributed by atoms with E-state index in [-0.39, 0.29) is 4.90 Å². The molecule has 0 spiro atoms. The third-order valence-electron chi connectivity index (χ3n) is 3.38. The van der Waals surface area contributed by atoms with Crippen LogP contribution in [0.15, 0.2) is 47.5 Å². The van der Waals surface area contributed by atoms with Gasteiger partial charge in [-0.15, -0.1) is 0 Å². The lowest BCUT2D eigenvalue weighted by Crippen LogP contribution is -2.24. The Hall–Kier alpha value is -1.63. The van der Waals surface area contributed by atoms with Crippen molar-refractivity contribution >= 4 is 10.0 Å². The van der Waals surface area contributed by atoms with E-state index in [1.54, 1.807) is 23.9 Å². The van der Waals surface area contributed by atoms with Crippen molar-refractivity contribution in [3.63, 3.8) is 0 Å². The molecule has 114 valence electrons. The Morgan fingerprint density at radius 3 is 2.57 bits per heavy atom. The van der Waals surface area contributed by atoms with E-state index < -0.39 is 10.0 Å². The van der Waals surface area contributed by atoms with Crippen molar-refractivity contribution < 1.29 is 8.42 Å². The van der Waals surface area contributed by atoms with Crippen LogP contribution in [-0.2, 0) is 30.0 Å². The lowest BCUT2D eigenvalue weighted by molar-refractivity contribution is 0.579. The quantitative estimate of drug-likeness (QED) is 0.759. The summed E-state index contributed by atoms with van der Waals surface area (Å²) in [6, 6.07) is 11.6. The van der Waals surface area contributed by atoms with Crippen LogP contribution in [0.4, 0.5) is 0 Å². The van der Waals surface area contributed by atoms with E-state index in [4.69, 9.17) is 5.73 Å². The molecule has 21 heavy (non-hydrogen) atoms. The molecule has 1 aromatic heterocycles. The molecular formula is C15H21N3O2S. The zero-order chi connectivity index (χ0) is 15.3. The van der Waals surface area contributed by atoms with Crippen LogP contribution in [0.2, 0.25) is 0 Å². The van der Waals surface area contributed by atoms with E-state index >= 15 is 0 Å². The fourth-order valence-corrected chi connectivity index (χ4v) is 3.32. The second-order valence-electron chi connectivity index (χ2n) is 4.97. The maximum atomic E-state index is 12.2. The summed E-state index contributed by atoms with van der Waals surface area (Å²) >= 11 is 0. The number of nitrogens with two attached hydrogens (primary N) is 1. The smallest absolute Gasteiger partial charge is 0.242 e. The molecule has 6 heteroatoms. The van der Waals surface area contributed by atoms with Crippen LogP contribution < -0.4 is 10.5 Å². The van der Waals surface area contributed by atoms with Gasteiger partial charge < -0.3 is 10.3 Å². The minimum atomic E-state index is -3.45. The number of rotatable bonds is 7. The molecule has 2 rings (SSSR count). The second kappa shape index (κ2) is 6.89. The zero-order valence-corrected chi connectivity index (χ0v) is 12.9. The first-order valence-corrected chi connectivity index (χ1v) is 8.40. The monoisotopic (exact) mass is 307 g/mol. The van der Waals surface area contributed by atoms with E-state index in [0.717, 1.165) is 18.5 Å². The standard InChI is InChI=1S/C15H21N3O2S/c1-18-12-15(10-14(18)11-16)21(19,20)17-9-5-8-13-6-3-2-4-7-13/h2-4,6-7,10,12,17H,5,8-9,11,16H2,1H3. The minimum absolute atomic E-state index is 0.269. The van der Waals surface area contributed by atoms with Gasteiger partial charge in [-0.1, -0.05) is 30.3 Å². The van der Waals surface area contributed by atoms with E-state index in [1.165, 1.54) is 5.56 Å². The maximum Gasteiger partial charge on any atom is 0.242 e. The molecule has 5 nitrogen and oxygen atoms in total. The Kier molecular flexibility index (Phi) is 5.17. The Morgan fingerprint density at radius 1 is 1.24 bits per heavy atom. The molecular weight excluding hydrogens is 286 g/mol. The fraction of sp³-hybridized carbons (Fsp3) is 0.333. The molecule has 0 radical (unpaired) electrons. The van der Waals surface area contributed by atoms with Crippen molar-refractivity contribution in [3.05, 3.63) is 53.9 Å². The molecule has 0 fully saturated rings. The molecule has 0 amide bonds. The van der Waals surface area contributed by atoms with Gasteiger partial charge in [-0.3, -0.25) is 0 Å². The molecule has 0 unspecified atom stereocenters. The van der Waals surface area contributed by atoms with Crippen LogP contribution >= 0.6 is 0 Å². The van der Waals surface area contributed by atoms with Gasteiger partial charge >= 0.3 is 0 Å². The topological polar surface area (TPSA) is 77.1 Å². The second-order valence-corrected chi connectivity index (χ2v) is 6.74. The molecule has 0 aliphatic rings. The number of nitrogens with zero attached hydrogens (tertiary/aromatic N) is 1. The summed E-state index contributed by atoms with van der Waals surface area (Å²) in [6.45, 7) is 0.740. The highest BCUT2D eigenvalue weighted by Gasteiger charge is 2.16. The number of hydrogen-bond donors (Lipinski definition) is 2. The van der Waals surface area contributed by atoms with Gasteiger partial charge in [-0.05, 0) is 24.5 Å². The molecule has 0 bridgehead atoms. The highest BCUT2D eigenvalue weighted by Crippen LogP contribution is 2.13. The molecule has 1 aromatic carbocycles. The Bertz CT molecular complexity index is 678. The third kappa shape index (κ3) is 4.17. The number of aromatic nitrogens is 1. The first-order chi connectivity index (χ1) is 10.0. The van der Waals surface area contributed by atoms with Crippen molar-refractivity contribution in [2.75, 3.05) is 6.54 Å². The molecule has 0 aliphatic carbocycles. The number of benzene rings is 1. The molecule has 0 saturated heterocycles. The number of hydrogen-bond acceptors (Lipinski definition) is 3. The molecule has 3 N–H and O–H groups in total. The van der Waals surface area contributed by atoms with Gasteiger partial charge in [0.1, 0.15) is 0 Å². The van der Waals surface area contributed by atoms with Crippen LogP contribution in [0.5, 0.6) is 0 Å². The number of aryl methyl sites for hydroxylation is 2. The summed E-state index contributed by atoms with van der Waals surface area (Å²) in [7, 11) is -1.66. The van der Waals surface area contributed by atoms with E-state index in [1.807, 2.05) is 30.3 Å². The highest BCUT2D eigenvalue weighted by molar-refractivity contribution is 7.89. The SMILES string of the molecule is Cn1cc(S(=O)(=O)NCCCc2ccccc2)cc1CN. The van der Waals surface area contributed by atoms with Crippen LogP contribution in [-0.4, -0.2) is 19.5 Å². The first kappa shape index (κ1) is 15.8. The van der Waals surface area contributed by atoms with Crippen LogP contribution in [0.3, 0.4) is 0 Å². The van der Waals surface area contributed by atoms with Crippen molar-refractivity contribution in [2.24, 2.45) is 12.8 Å². The third-order valence-corrected chi connectivity index (χ3v) is 4.81. The average molecular weight is 307 g/mol. The van der Waals surface area contributed by atoms with E-state index in [9.17, 15) is 8.42 Å². The van der Waals surface area contributed by atoms with Gasteiger partial charge in [0.05, 0.1) is 4.90 Å². The molecule has 2 aromatic rings. The van der Waals surface area contributed by atoms with E-state index in [2.05, 4.69) is 4.72 Å². The van der Waals surface area contributed by atoms with Gasteiger partial charge in [0.15, 0.2) is 0 Å². The Balaban J connectivity index is 1.89. The molecule has 1 heterocycles. The van der Waals surface area contributed by atoms with Crippen molar-refractivity contribution in [3.8, 4) is 0 Å². The summed E-state index contributed by atoms with van der Waals surface area (Å²) < 4.78 is 28.7. The average Bonchev–Trinajstić information content (AvgIpc) is 2.87. The summed E-state index contributed by atoms with van der Waals surface area (Å²) in [6.07, 6.45) is 3.20. The molecule has 0 atom stereocenters. The normalized spacial score (nSPS) is 11.7. The van der Waals surface area contributed by atoms with E-state index in [0.29, 0.717) is 13.1 Å². The van der Waals surface area contributed by atoms with Crippen molar-refractivity contribution in [1.29, 1.82) is 0 Å². The Morgan fingerprint density at radius 2 is 1.95 bits per heavy atom. The van der Waals surface area contributed by atoms with Gasteiger partial charge in [0.2, 0.25) is 10.0 Å². The van der Waals surface area contributed by atoms with Crippen LogP contribution in [0, 0.1) is 0 Å². The minimum Gasteiger partial charge on any atom is -0.352 e. The van der Waals surface area contributed by atoms with Crippen LogP contribution in [0.1, 0.15) is 17.7 Å². The Labute approximate surface area is 125 Å².